The molecule has 134 valence electrons. The van der Waals surface area contributed by atoms with E-state index in [-0.39, 0.29) is 5.91 Å². The maximum Gasteiger partial charge on any atom is 0.245 e. The van der Waals surface area contributed by atoms with E-state index in [0.29, 0.717) is 41.7 Å². The maximum atomic E-state index is 11.8. The lowest BCUT2D eigenvalue weighted by Crippen LogP contribution is -2.19. The number of ether oxygens (including phenoxy) is 2. The highest BCUT2D eigenvalue weighted by Crippen LogP contribution is 2.36. The number of rotatable bonds is 9. The Labute approximate surface area is 156 Å². The van der Waals surface area contributed by atoms with Crippen LogP contribution in [0.25, 0.3) is 0 Å². The Morgan fingerprint density at radius 2 is 2.20 bits per heavy atom. The topological polar surface area (TPSA) is 59.9 Å². The summed E-state index contributed by atoms with van der Waals surface area (Å²) in [7, 11) is 0. The van der Waals surface area contributed by atoms with Gasteiger partial charge in [0.25, 0.3) is 0 Å². The summed E-state index contributed by atoms with van der Waals surface area (Å²) in [6, 6.07) is 7.34. The van der Waals surface area contributed by atoms with E-state index in [2.05, 4.69) is 10.5 Å². The van der Waals surface area contributed by atoms with Gasteiger partial charge in [0.15, 0.2) is 11.5 Å². The van der Waals surface area contributed by atoms with Crippen LogP contribution in [0.3, 0.4) is 0 Å². The average molecular weight is 381 g/mol. The fraction of sp³-hybridized carbons (Fsp3) is 0.333. The summed E-state index contributed by atoms with van der Waals surface area (Å²) in [6.07, 6.45) is 2.72. The van der Waals surface area contributed by atoms with Crippen LogP contribution < -0.4 is 14.9 Å². The van der Waals surface area contributed by atoms with Crippen molar-refractivity contribution in [1.82, 2.24) is 5.43 Å². The zero-order valence-corrected chi connectivity index (χ0v) is 15.8. The monoisotopic (exact) mass is 380 g/mol. The third-order valence-electron chi connectivity index (χ3n) is 3.10. The summed E-state index contributed by atoms with van der Waals surface area (Å²) in [6.45, 7) is 4.97. The van der Waals surface area contributed by atoms with Crippen molar-refractivity contribution in [3.05, 3.63) is 45.1 Å². The molecule has 0 fully saturated rings. The molecule has 0 aliphatic carbocycles. The highest BCUT2D eigenvalue weighted by Gasteiger charge is 2.12. The summed E-state index contributed by atoms with van der Waals surface area (Å²) in [5, 5.41) is 6.37. The van der Waals surface area contributed by atoms with Crippen molar-refractivity contribution < 1.29 is 14.3 Å². The molecular formula is C18H21ClN2O3S. The summed E-state index contributed by atoms with van der Waals surface area (Å²) in [5.41, 5.74) is 3.23. The third kappa shape index (κ3) is 6.07. The van der Waals surface area contributed by atoms with Crippen molar-refractivity contribution in [2.75, 3.05) is 13.2 Å². The molecular weight excluding hydrogens is 360 g/mol. The second-order valence-corrected chi connectivity index (χ2v) is 6.60. The summed E-state index contributed by atoms with van der Waals surface area (Å²) < 4.78 is 11.3. The van der Waals surface area contributed by atoms with Gasteiger partial charge in [-0.25, -0.2) is 5.43 Å². The molecule has 0 bridgehead atoms. The third-order valence-corrected chi connectivity index (χ3v) is 4.26. The van der Waals surface area contributed by atoms with E-state index in [1.165, 1.54) is 17.6 Å². The van der Waals surface area contributed by atoms with Gasteiger partial charge in [0.05, 0.1) is 30.9 Å². The van der Waals surface area contributed by atoms with Gasteiger partial charge in [0.1, 0.15) is 0 Å². The van der Waals surface area contributed by atoms with Gasteiger partial charge in [-0.1, -0.05) is 24.6 Å². The summed E-state index contributed by atoms with van der Waals surface area (Å²) in [5.74, 6) is 0.928. The molecule has 5 nitrogen and oxygen atoms in total. The molecule has 2 rings (SSSR count). The number of nitrogens with zero attached hydrogens (tertiary/aromatic N) is 1. The number of halogens is 1. The minimum Gasteiger partial charge on any atom is -0.490 e. The first kappa shape index (κ1) is 19.3. The molecule has 0 saturated carbocycles. The van der Waals surface area contributed by atoms with Gasteiger partial charge >= 0.3 is 0 Å². The van der Waals surface area contributed by atoms with E-state index in [0.717, 1.165) is 11.3 Å². The second kappa shape index (κ2) is 10.1. The van der Waals surface area contributed by atoms with E-state index >= 15 is 0 Å². The van der Waals surface area contributed by atoms with Crippen molar-refractivity contribution in [2.24, 2.45) is 5.10 Å². The van der Waals surface area contributed by atoms with Crippen LogP contribution in [0.1, 0.15) is 30.7 Å². The van der Waals surface area contributed by atoms with Crippen LogP contribution in [0.15, 0.2) is 34.7 Å². The Morgan fingerprint density at radius 1 is 1.36 bits per heavy atom. The quantitative estimate of drug-likeness (QED) is 0.521. The van der Waals surface area contributed by atoms with Crippen molar-refractivity contribution in [1.29, 1.82) is 0 Å². The molecule has 1 aromatic carbocycles. The van der Waals surface area contributed by atoms with Crippen molar-refractivity contribution in [3.63, 3.8) is 0 Å². The van der Waals surface area contributed by atoms with Crippen LogP contribution in [0.5, 0.6) is 11.5 Å². The molecule has 0 spiro atoms. The number of hydrogen-bond donors (Lipinski definition) is 1. The van der Waals surface area contributed by atoms with Crippen LogP contribution >= 0.6 is 22.9 Å². The summed E-state index contributed by atoms with van der Waals surface area (Å²) >= 11 is 7.83. The molecule has 0 saturated heterocycles. The van der Waals surface area contributed by atoms with Gasteiger partial charge in [0.2, 0.25) is 5.91 Å². The van der Waals surface area contributed by atoms with Crippen LogP contribution in [0.4, 0.5) is 0 Å². The highest BCUT2D eigenvalue weighted by atomic mass is 35.5. The molecule has 1 N–H and O–H groups in total. The fourth-order valence-corrected chi connectivity index (χ4v) is 3.04. The van der Waals surface area contributed by atoms with E-state index in [4.69, 9.17) is 21.1 Å². The predicted octanol–water partition coefficient (Wildman–Crippen LogP) is 4.28. The van der Waals surface area contributed by atoms with Gasteiger partial charge < -0.3 is 9.47 Å². The Morgan fingerprint density at radius 3 is 2.88 bits per heavy atom. The number of carbonyl (C=O) groups is 1. The zero-order valence-electron chi connectivity index (χ0n) is 14.3. The lowest BCUT2D eigenvalue weighted by molar-refractivity contribution is -0.120. The van der Waals surface area contributed by atoms with Gasteiger partial charge in [-0.3, -0.25) is 4.79 Å². The maximum absolute atomic E-state index is 11.8. The van der Waals surface area contributed by atoms with Crippen LogP contribution in [-0.2, 0) is 11.2 Å². The lowest BCUT2D eigenvalue weighted by Gasteiger charge is -2.13. The minimum absolute atomic E-state index is 0.169. The number of carbonyl (C=O) groups excluding carboxylic acids is 1. The van der Waals surface area contributed by atoms with E-state index in [9.17, 15) is 4.79 Å². The minimum atomic E-state index is -0.169. The van der Waals surface area contributed by atoms with Gasteiger partial charge in [-0.2, -0.15) is 5.10 Å². The molecule has 0 unspecified atom stereocenters. The Balaban J connectivity index is 2.04. The standard InChI is InChI=1S/C18H21ClN2O3S/c1-3-7-24-18-15(19)9-13(10-16(18)23-4-2)12-20-21-17(22)11-14-6-5-8-25-14/h5-6,8-10,12H,3-4,7,11H2,1-2H3,(H,21,22)/b20-12+. The average Bonchev–Trinajstić information content (AvgIpc) is 3.07. The van der Waals surface area contributed by atoms with Gasteiger partial charge in [0, 0.05) is 4.88 Å². The number of amides is 1. The summed E-state index contributed by atoms with van der Waals surface area (Å²) in [4.78, 5) is 12.8. The Kier molecular flexibility index (Phi) is 7.76. The Bertz CT molecular complexity index is 717. The second-order valence-electron chi connectivity index (χ2n) is 5.16. The first-order valence-electron chi connectivity index (χ1n) is 8.07. The molecule has 0 atom stereocenters. The van der Waals surface area contributed by atoms with E-state index < -0.39 is 0 Å². The van der Waals surface area contributed by atoms with Crippen LogP contribution in [-0.4, -0.2) is 25.3 Å². The van der Waals surface area contributed by atoms with E-state index in [1.807, 2.05) is 31.4 Å². The SMILES string of the molecule is CCCOc1c(Cl)cc(/C=N/NC(=O)Cc2cccs2)cc1OCC. The molecule has 0 aliphatic rings. The smallest absolute Gasteiger partial charge is 0.245 e. The molecule has 0 radical (unpaired) electrons. The van der Waals surface area contributed by atoms with E-state index in [1.54, 1.807) is 12.1 Å². The number of hydrazone groups is 1. The molecule has 1 amide bonds. The van der Waals surface area contributed by atoms with Crippen LogP contribution in [0, 0.1) is 0 Å². The normalized spacial score (nSPS) is 10.8. The first-order valence-corrected chi connectivity index (χ1v) is 9.33. The molecule has 7 heteroatoms. The molecule has 1 aromatic heterocycles. The number of thiophene rings is 1. The number of hydrogen-bond acceptors (Lipinski definition) is 5. The first-order chi connectivity index (χ1) is 12.1. The van der Waals surface area contributed by atoms with Crippen molar-refractivity contribution in [3.8, 4) is 11.5 Å². The predicted molar refractivity (Wildman–Crippen MR) is 102 cm³/mol. The zero-order chi connectivity index (χ0) is 18.1. The molecule has 25 heavy (non-hydrogen) atoms. The Hall–Kier alpha value is -2.05. The molecule has 1 heterocycles. The number of benzene rings is 1. The van der Waals surface area contributed by atoms with Crippen molar-refractivity contribution in [2.45, 2.75) is 26.7 Å². The largest absolute Gasteiger partial charge is 0.490 e. The van der Waals surface area contributed by atoms with Gasteiger partial charge in [-0.05, 0) is 42.5 Å². The lowest BCUT2D eigenvalue weighted by atomic mass is 10.2. The van der Waals surface area contributed by atoms with Crippen molar-refractivity contribution >= 4 is 35.1 Å². The highest BCUT2D eigenvalue weighted by molar-refractivity contribution is 7.10. The molecule has 0 aliphatic heterocycles. The molecule has 2 aromatic rings. The van der Waals surface area contributed by atoms with Gasteiger partial charge in [-0.15, -0.1) is 11.3 Å². The van der Waals surface area contributed by atoms with Crippen LogP contribution in [0.2, 0.25) is 5.02 Å². The fourth-order valence-electron chi connectivity index (χ4n) is 2.06. The number of nitrogens with one attached hydrogen (secondary N) is 1.